The van der Waals surface area contributed by atoms with Crippen molar-refractivity contribution < 1.29 is 14.6 Å². The maximum absolute atomic E-state index is 12.5. The fourth-order valence-electron chi connectivity index (χ4n) is 2.50. The van der Waals surface area contributed by atoms with Crippen LogP contribution < -0.4 is 14.9 Å². The first-order chi connectivity index (χ1) is 12.3. The minimum absolute atomic E-state index is 0.00632. The van der Waals surface area contributed by atoms with Gasteiger partial charge in [0.1, 0.15) is 19.0 Å². The van der Waals surface area contributed by atoms with Gasteiger partial charge in [-0.05, 0) is 39.0 Å². The number of aromatic amines is 1. The van der Waals surface area contributed by atoms with Crippen LogP contribution in [0.3, 0.4) is 0 Å². The Kier molecular flexibility index (Phi) is 4.95. The highest BCUT2D eigenvalue weighted by Crippen LogP contribution is 2.19. The number of rotatable bonds is 6. The number of hydrogen-bond acceptors (Lipinski definition) is 5. The molecule has 0 saturated carbocycles. The molecule has 0 aliphatic rings. The number of hydrogen-bond donors (Lipinski definition) is 2. The number of pyridine rings is 2. The maximum atomic E-state index is 12.5. The second kappa shape index (κ2) is 7.17. The van der Waals surface area contributed by atoms with Crippen LogP contribution in [-0.4, -0.2) is 27.3 Å². The standard InChI is InChI=1S/C20H22N2O4/c1-13-17(22-16-7-5-4-6-15(16)19(13)23)11-25-18-10-14(8-9-21-18)26-12-20(2,3)24/h4-10,24H,11-12H2,1-3H3,(H,22,23). The summed E-state index contributed by atoms with van der Waals surface area (Å²) >= 11 is 0. The zero-order valence-corrected chi connectivity index (χ0v) is 15.1. The molecule has 0 amide bonds. The molecule has 136 valence electrons. The molecule has 3 aromatic rings. The predicted molar refractivity (Wildman–Crippen MR) is 99.7 cm³/mol. The Bertz CT molecular complexity index is 973. The van der Waals surface area contributed by atoms with E-state index in [1.54, 1.807) is 45.2 Å². The molecule has 0 spiro atoms. The van der Waals surface area contributed by atoms with E-state index in [9.17, 15) is 9.90 Å². The van der Waals surface area contributed by atoms with Crippen molar-refractivity contribution in [1.82, 2.24) is 9.97 Å². The number of aliphatic hydroxyl groups is 1. The van der Waals surface area contributed by atoms with Gasteiger partial charge in [-0.2, -0.15) is 0 Å². The van der Waals surface area contributed by atoms with Gasteiger partial charge in [0.2, 0.25) is 5.88 Å². The first-order valence-corrected chi connectivity index (χ1v) is 8.38. The van der Waals surface area contributed by atoms with E-state index in [0.29, 0.717) is 28.3 Å². The first-order valence-electron chi connectivity index (χ1n) is 8.38. The van der Waals surface area contributed by atoms with Crippen LogP contribution in [0.1, 0.15) is 25.1 Å². The van der Waals surface area contributed by atoms with E-state index >= 15 is 0 Å². The van der Waals surface area contributed by atoms with Crippen LogP contribution in [-0.2, 0) is 6.61 Å². The smallest absolute Gasteiger partial charge is 0.217 e. The highest BCUT2D eigenvalue weighted by atomic mass is 16.5. The normalized spacial score (nSPS) is 11.5. The number of aromatic nitrogens is 2. The lowest BCUT2D eigenvalue weighted by Crippen LogP contribution is -2.27. The first kappa shape index (κ1) is 17.9. The van der Waals surface area contributed by atoms with Crippen molar-refractivity contribution in [1.29, 1.82) is 0 Å². The predicted octanol–water partition coefficient (Wildman–Crippen LogP) is 2.96. The topological polar surface area (TPSA) is 84.4 Å². The van der Waals surface area contributed by atoms with E-state index in [1.807, 2.05) is 18.2 Å². The van der Waals surface area contributed by atoms with Gasteiger partial charge in [0.15, 0.2) is 5.43 Å². The minimum Gasteiger partial charge on any atom is -0.490 e. The van der Waals surface area contributed by atoms with E-state index in [0.717, 1.165) is 5.52 Å². The highest BCUT2D eigenvalue weighted by molar-refractivity contribution is 5.79. The Morgan fingerprint density at radius 2 is 1.96 bits per heavy atom. The molecule has 0 unspecified atom stereocenters. The van der Waals surface area contributed by atoms with Gasteiger partial charge in [0, 0.05) is 28.7 Å². The van der Waals surface area contributed by atoms with Gasteiger partial charge in [0.25, 0.3) is 0 Å². The number of nitrogens with one attached hydrogen (secondary N) is 1. The molecule has 0 aliphatic heterocycles. The van der Waals surface area contributed by atoms with Crippen molar-refractivity contribution in [2.45, 2.75) is 33.0 Å². The van der Waals surface area contributed by atoms with Crippen molar-refractivity contribution in [2.24, 2.45) is 0 Å². The third kappa shape index (κ3) is 4.21. The summed E-state index contributed by atoms with van der Waals surface area (Å²) in [4.78, 5) is 19.9. The minimum atomic E-state index is -0.925. The lowest BCUT2D eigenvalue weighted by Gasteiger charge is -2.18. The summed E-state index contributed by atoms with van der Waals surface area (Å²) in [6, 6.07) is 10.7. The van der Waals surface area contributed by atoms with Gasteiger partial charge in [0.05, 0.1) is 11.3 Å². The molecule has 6 heteroatoms. The number of nitrogens with zero attached hydrogens (tertiary/aromatic N) is 1. The Morgan fingerprint density at radius 3 is 2.73 bits per heavy atom. The van der Waals surface area contributed by atoms with E-state index in [-0.39, 0.29) is 18.6 Å². The summed E-state index contributed by atoms with van der Waals surface area (Å²) in [6.07, 6.45) is 1.57. The van der Waals surface area contributed by atoms with Crippen molar-refractivity contribution in [3.05, 3.63) is 64.1 Å². The molecule has 0 fully saturated rings. The molecule has 6 nitrogen and oxygen atoms in total. The van der Waals surface area contributed by atoms with E-state index in [4.69, 9.17) is 9.47 Å². The van der Waals surface area contributed by atoms with E-state index < -0.39 is 5.60 Å². The molecule has 0 atom stereocenters. The SMILES string of the molecule is Cc1c(COc2cc(OCC(C)(C)O)ccn2)[nH]c2ccccc2c1=O. The second-order valence-corrected chi connectivity index (χ2v) is 6.82. The summed E-state index contributed by atoms with van der Waals surface area (Å²) in [6.45, 7) is 5.47. The lowest BCUT2D eigenvalue weighted by atomic mass is 10.1. The van der Waals surface area contributed by atoms with Gasteiger partial charge in [-0.3, -0.25) is 4.79 Å². The number of ether oxygens (including phenoxy) is 2. The molecule has 1 aromatic carbocycles. The number of fused-ring (bicyclic) bond motifs is 1. The van der Waals surface area contributed by atoms with Gasteiger partial charge < -0.3 is 19.6 Å². The van der Waals surface area contributed by atoms with Crippen molar-refractivity contribution in [2.75, 3.05) is 6.61 Å². The second-order valence-electron chi connectivity index (χ2n) is 6.82. The largest absolute Gasteiger partial charge is 0.490 e. The molecule has 0 radical (unpaired) electrons. The molecule has 3 rings (SSSR count). The third-order valence-corrected chi connectivity index (χ3v) is 3.91. The van der Waals surface area contributed by atoms with Crippen molar-refractivity contribution >= 4 is 10.9 Å². The summed E-state index contributed by atoms with van der Waals surface area (Å²) < 4.78 is 11.3. The average Bonchev–Trinajstić information content (AvgIpc) is 2.62. The van der Waals surface area contributed by atoms with E-state index in [2.05, 4.69) is 9.97 Å². The van der Waals surface area contributed by atoms with Gasteiger partial charge in [-0.15, -0.1) is 0 Å². The Labute approximate surface area is 151 Å². The van der Waals surface area contributed by atoms with Crippen LogP contribution in [0, 0.1) is 6.92 Å². The van der Waals surface area contributed by atoms with Crippen LogP contribution in [0.5, 0.6) is 11.6 Å². The summed E-state index contributed by atoms with van der Waals surface area (Å²) in [7, 11) is 0. The molecule has 26 heavy (non-hydrogen) atoms. The van der Waals surface area contributed by atoms with E-state index in [1.165, 1.54) is 0 Å². The third-order valence-electron chi connectivity index (χ3n) is 3.91. The summed E-state index contributed by atoms with van der Waals surface area (Å²) in [5, 5.41) is 10.4. The van der Waals surface area contributed by atoms with Gasteiger partial charge in [-0.1, -0.05) is 12.1 Å². The molecule has 2 aromatic heterocycles. The van der Waals surface area contributed by atoms with Gasteiger partial charge >= 0.3 is 0 Å². The maximum Gasteiger partial charge on any atom is 0.217 e. The Hall–Kier alpha value is -2.86. The quantitative estimate of drug-likeness (QED) is 0.711. The molecule has 2 heterocycles. The fourth-order valence-corrected chi connectivity index (χ4v) is 2.50. The van der Waals surface area contributed by atoms with Crippen LogP contribution in [0.2, 0.25) is 0 Å². The van der Waals surface area contributed by atoms with Crippen LogP contribution >= 0.6 is 0 Å². The van der Waals surface area contributed by atoms with Gasteiger partial charge in [-0.25, -0.2) is 4.98 Å². The average molecular weight is 354 g/mol. The van der Waals surface area contributed by atoms with Crippen LogP contribution in [0.15, 0.2) is 47.4 Å². The Balaban J connectivity index is 1.76. The summed E-state index contributed by atoms with van der Waals surface area (Å²) in [5.74, 6) is 0.938. The zero-order valence-electron chi connectivity index (χ0n) is 15.1. The van der Waals surface area contributed by atoms with Crippen molar-refractivity contribution in [3.63, 3.8) is 0 Å². The molecule has 0 aliphatic carbocycles. The molecular weight excluding hydrogens is 332 g/mol. The molecule has 0 saturated heterocycles. The number of benzene rings is 1. The zero-order chi connectivity index (χ0) is 18.7. The monoisotopic (exact) mass is 354 g/mol. The van der Waals surface area contributed by atoms with Crippen LogP contribution in [0.4, 0.5) is 0 Å². The summed E-state index contributed by atoms with van der Waals surface area (Å²) in [5.41, 5.74) is 1.17. The molecule has 2 N–H and O–H groups in total. The highest BCUT2D eigenvalue weighted by Gasteiger charge is 2.14. The number of para-hydroxylation sites is 1. The molecule has 0 bridgehead atoms. The fraction of sp³-hybridized carbons (Fsp3) is 0.300. The molecular formula is C20H22N2O4. The Morgan fingerprint density at radius 1 is 1.19 bits per heavy atom. The van der Waals surface area contributed by atoms with Crippen LogP contribution in [0.25, 0.3) is 10.9 Å². The van der Waals surface area contributed by atoms with Crippen molar-refractivity contribution in [3.8, 4) is 11.6 Å². The number of H-pyrrole nitrogens is 1. The lowest BCUT2D eigenvalue weighted by molar-refractivity contribution is 0.0283.